The maximum atomic E-state index is 10.0. The van der Waals surface area contributed by atoms with Gasteiger partial charge in [0.1, 0.15) is 0 Å². The lowest BCUT2D eigenvalue weighted by molar-refractivity contribution is 0.0527. The summed E-state index contributed by atoms with van der Waals surface area (Å²) in [4.78, 5) is 2.55. The van der Waals surface area contributed by atoms with E-state index in [1.807, 2.05) is 0 Å². The highest BCUT2D eigenvalue weighted by Gasteiger charge is 2.37. The van der Waals surface area contributed by atoms with E-state index in [0.29, 0.717) is 12.0 Å². The molecule has 2 aliphatic rings. The van der Waals surface area contributed by atoms with Gasteiger partial charge in [-0.2, -0.15) is 0 Å². The van der Waals surface area contributed by atoms with Gasteiger partial charge in [-0.1, -0.05) is 13.3 Å². The summed E-state index contributed by atoms with van der Waals surface area (Å²) in [6, 6.07) is 0.623. The van der Waals surface area contributed by atoms with Crippen molar-refractivity contribution >= 4 is 0 Å². The van der Waals surface area contributed by atoms with Gasteiger partial charge >= 0.3 is 0 Å². The van der Waals surface area contributed by atoms with Gasteiger partial charge in [0.2, 0.25) is 0 Å². The van der Waals surface area contributed by atoms with Gasteiger partial charge in [0.15, 0.2) is 0 Å². The summed E-state index contributed by atoms with van der Waals surface area (Å²) in [7, 11) is 0. The predicted octanol–water partition coefficient (Wildman–Crippen LogP) is 2.04. The lowest BCUT2D eigenvalue weighted by atomic mass is 9.94. The Balaban J connectivity index is 1.76. The molecule has 3 unspecified atom stereocenters. The SMILES string of the molecule is CCCOCCN1CCCC1C1CCCC1O. The molecule has 2 fully saturated rings. The molecule has 0 bridgehead atoms. The average molecular weight is 241 g/mol. The number of aliphatic hydroxyl groups excluding tert-OH is 1. The topological polar surface area (TPSA) is 32.7 Å². The third-order valence-electron chi connectivity index (χ3n) is 4.31. The standard InChI is InChI=1S/C14H27NO2/c1-2-10-17-11-9-15-8-4-6-13(15)12-5-3-7-14(12)16/h12-14,16H,2-11H2,1H3. The van der Waals surface area contributed by atoms with Crippen LogP contribution >= 0.6 is 0 Å². The molecule has 0 aromatic rings. The van der Waals surface area contributed by atoms with Crippen LogP contribution in [0, 0.1) is 5.92 Å². The van der Waals surface area contributed by atoms with E-state index >= 15 is 0 Å². The van der Waals surface area contributed by atoms with Crippen molar-refractivity contribution in [3.05, 3.63) is 0 Å². The molecule has 1 aliphatic carbocycles. The highest BCUT2D eigenvalue weighted by Crippen LogP contribution is 2.35. The molecule has 0 radical (unpaired) electrons. The van der Waals surface area contributed by atoms with Gasteiger partial charge in [-0.15, -0.1) is 0 Å². The molecule has 3 atom stereocenters. The molecule has 0 aromatic carbocycles. The van der Waals surface area contributed by atoms with E-state index in [1.54, 1.807) is 0 Å². The molecule has 2 rings (SSSR count). The van der Waals surface area contributed by atoms with Crippen LogP contribution in [0.15, 0.2) is 0 Å². The van der Waals surface area contributed by atoms with Crippen molar-refractivity contribution in [1.29, 1.82) is 0 Å². The number of hydrogen-bond donors (Lipinski definition) is 1. The molecule has 17 heavy (non-hydrogen) atoms. The number of rotatable bonds is 6. The first-order valence-corrected chi connectivity index (χ1v) is 7.32. The van der Waals surface area contributed by atoms with Crippen LogP contribution in [0.3, 0.4) is 0 Å². The van der Waals surface area contributed by atoms with Gasteiger partial charge in [0, 0.05) is 25.1 Å². The summed E-state index contributed by atoms with van der Waals surface area (Å²) in [5.74, 6) is 0.531. The second-order valence-corrected chi connectivity index (χ2v) is 5.52. The van der Waals surface area contributed by atoms with E-state index in [2.05, 4.69) is 11.8 Å². The van der Waals surface area contributed by atoms with Crippen LogP contribution < -0.4 is 0 Å². The Morgan fingerprint density at radius 3 is 2.76 bits per heavy atom. The normalized spacial score (nSPS) is 34.6. The zero-order valence-electron chi connectivity index (χ0n) is 11.1. The summed E-state index contributed by atoms with van der Waals surface area (Å²) in [6.07, 6.45) is 7.07. The molecule has 1 aliphatic heterocycles. The van der Waals surface area contributed by atoms with Crippen LogP contribution in [-0.2, 0) is 4.74 Å². The van der Waals surface area contributed by atoms with E-state index < -0.39 is 0 Å². The van der Waals surface area contributed by atoms with Crippen molar-refractivity contribution in [2.24, 2.45) is 5.92 Å². The summed E-state index contributed by atoms with van der Waals surface area (Å²) >= 11 is 0. The molecule has 1 saturated carbocycles. The number of aliphatic hydroxyl groups is 1. The minimum Gasteiger partial charge on any atom is -0.393 e. The van der Waals surface area contributed by atoms with Crippen molar-refractivity contribution in [1.82, 2.24) is 4.90 Å². The zero-order valence-corrected chi connectivity index (χ0v) is 11.1. The first-order chi connectivity index (χ1) is 8.33. The molecule has 0 spiro atoms. The van der Waals surface area contributed by atoms with E-state index in [0.717, 1.165) is 32.6 Å². The van der Waals surface area contributed by atoms with Gasteiger partial charge in [-0.3, -0.25) is 4.90 Å². The predicted molar refractivity (Wildman–Crippen MR) is 69.1 cm³/mol. The van der Waals surface area contributed by atoms with E-state index in [-0.39, 0.29) is 6.10 Å². The smallest absolute Gasteiger partial charge is 0.0593 e. The molecule has 100 valence electrons. The van der Waals surface area contributed by atoms with Crippen LogP contribution in [-0.4, -0.2) is 48.5 Å². The highest BCUT2D eigenvalue weighted by molar-refractivity contribution is 4.91. The fraction of sp³-hybridized carbons (Fsp3) is 1.00. The largest absolute Gasteiger partial charge is 0.393 e. The highest BCUT2D eigenvalue weighted by atomic mass is 16.5. The summed E-state index contributed by atoms with van der Waals surface area (Å²) in [5, 5.41) is 10.0. The molecule has 1 heterocycles. The van der Waals surface area contributed by atoms with Crippen molar-refractivity contribution in [2.45, 2.75) is 57.6 Å². The Morgan fingerprint density at radius 2 is 2.06 bits per heavy atom. The molecule has 1 N–H and O–H groups in total. The van der Waals surface area contributed by atoms with Gasteiger partial charge in [0.25, 0.3) is 0 Å². The molecule has 0 amide bonds. The van der Waals surface area contributed by atoms with Crippen LogP contribution in [0.2, 0.25) is 0 Å². The molecule has 3 heteroatoms. The first-order valence-electron chi connectivity index (χ1n) is 7.32. The Bertz CT molecular complexity index is 222. The Labute approximate surface area is 105 Å². The number of likely N-dealkylation sites (tertiary alicyclic amines) is 1. The lowest BCUT2D eigenvalue weighted by Crippen LogP contribution is -2.40. The van der Waals surface area contributed by atoms with Crippen LogP contribution in [0.1, 0.15) is 45.4 Å². The quantitative estimate of drug-likeness (QED) is 0.722. The molecular weight excluding hydrogens is 214 g/mol. The summed E-state index contributed by atoms with van der Waals surface area (Å²) in [5.41, 5.74) is 0. The summed E-state index contributed by atoms with van der Waals surface area (Å²) in [6.45, 7) is 6.13. The van der Waals surface area contributed by atoms with E-state index in [4.69, 9.17) is 4.74 Å². The van der Waals surface area contributed by atoms with Crippen molar-refractivity contribution in [3.63, 3.8) is 0 Å². The van der Waals surface area contributed by atoms with Crippen LogP contribution in [0.4, 0.5) is 0 Å². The van der Waals surface area contributed by atoms with Gasteiger partial charge in [-0.05, 0) is 38.6 Å². The molecule has 3 nitrogen and oxygen atoms in total. The molecular formula is C14H27NO2. The van der Waals surface area contributed by atoms with Crippen molar-refractivity contribution < 1.29 is 9.84 Å². The first kappa shape index (κ1) is 13.3. The zero-order chi connectivity index (χ0) is 12.1. The monoisotopic (exact) mass is 241 g/mol. The third-order valence-corrected chi connectivity index (χ3v) is 4.31. The van der Waals surface area contributed by atoms with Gasteiger partial charge in [-0.25, -0.2) is 0 Å². The fourth-order valence-electron chi connectivity index (χ4n) is 3.46. The van der Waals surface area contributed by atoms with Gasteiger partial charge < -0.3 is 9.84 Å². The van der Waals surface area contributed by atoms with E-state index in [1.165, 1.54) is 32.2 Å². The maximum absolute atomic E-state index is 10.0. The van der Waals surface area contributed by atoms with Crippen LogP contribution in [0.25, 0.3) is 0 Å². The Morgan fingerprint density at radius 1 is 1.18 bits per heavy atom. The third kappa shape index (κ3) is 3.43. The Hall–Kier alpha value is -0.120. The second-order valence-electron chi connectivity index (χ2n) is 5.52. The fourth-order valence-corrected chi connectivity index (χ4v) is 3.46. The second kappa shape index (κ2) is 6.72. The Kier molecular flexibility index (Phi) is 5.26. The lowest BCUT2D eigenvalue weighted by Gasteiger charge is -2.31. The number of nitrogens with zero attached hydrogens (tertiary/aromatic N) is 1. The van der Waals surface area contributed by atoms with Gasteiger partial charge in [0.05, 0.1) is 12.7 Å². The molecule has 1 saturated heterocycles. The minimum atomic E-state index is -0.0443. The van der Waals surface area contributed by atoms with Crippen molar-refractivity contribution in [2.75, 3.05) is 26.3 Å². The van der Waals surface area contributed by atoms with Crippen LogP contribution in [0.5, 0.6) is 0 Å². The minimum absolute atomic E-state index is 0.0443. The van der Waals surface area contributed by atoms with Crippen molar-refractivity contribution in [3.8, 4) is 0 Å². The maximum Gasteiger partial charge on any atom is 0.0593 e. The number of ether oxygens (including phenoxy) is 1. The average Bonchev–Trinajstić information content (AvgIpc) is 2.93. The molecule has 0 aromatic heterocycles. The summed E-state index contributed by atoms with van der Waals surface area (Å²) < 4.78 is 5.58. The van der Waals surface area contributed by atoms with E-state index in [9.17, 15) is 5.11 Å². The number of hydrogen-bond acceptors (Lipinski definition) is 3.